The number of hydrogen-bond acceptors (Lipinski definition) is 5. The minimum absolute atomic E-state index is 0.188. The molecule has 1 amide bonds. The van der Waals surface area contributed by atoms with Crippen LogP contribution in [0.5, 0.6) is 5.75 Å². The van der Waals surface area contributed by atoms with Gasteiger partial charge in [0.1, 0.15) is 12.3 Å². The molecule has 0 saturated carbocycles. The second kappa shape index (κ2) is 18.2. The molecule has 0 aliphatic carbocycles. The maximum absolute atomic E-state index is 13.6. The molecule has 2 heterocycles. The largest absolute Gasteiger partial charge is 0.495 e. The van der Waals surface area contributed by atoms with Gasteiger partial charge in [0.2, 0.25) is 6.41 Å². The average molecular weight is 630 g/mol. The van der Waals surface area contributed by atoms with Crippen molar-refractivity contribution in [3.8, 4) is 17.6 Å². The zero-order valence-electron chi connectivity index (χ0n) is 28.0. The molecule has 2 N–H and O–H groups in total. The minimum atomic E-state index is -4.39. The summed E-state index contributed by atoms with van der Waals surface area (Å²) in [6.45, 7) is 15.8. The number of piperidine rings is 1. The highest BCUT2D eigenvalue weighted by molar-refractivity contribution is 5.94. The van der Waals surface area contributed by atoms with E-state index >= 15 is 0 Å². The number of halogens is 3. The van der Waals surface area contributed by atoms with Crippen molar-refractivity contribution in [1.82, 2.24) is 9.47 Å². The second-order valence-corrected chi connectivity index (χ2v) is 10.4. The van der Waals surface area contributed by atoms with Gasteiger partial charge in [-0.15, -0.1) is 0 Å². The first-order valence-corrected chi connectivity index (χ1v) is 16.0. The van der Waals surface area contributed by atoms with E-state index in [-0.39, 0.29) is 12.6 Å². The molecule has 0 atom stereocenters. The molecule has 3 aromatic rings. The lowest BCUT2D eigenvalue weighted by Gasteiger charge is -2.35. The van der Waals surface area contributed by atoms with Crippen molar-refractivity contribution in [3.05, 3.63) is 48.2 Å². The van der Waals surface area contributed by atoms with E-state index < -0.39 is 12.7 Å². The van der Waals surface area contributed by atoms with Crippen molar-refractivity contribution in [3.63, 3.8) is 0 Å². The van der Waals surface area contributed by atoms with Gasteiger partial charge in [-0.2, -0.15) is 13.2 Å². The Kier molecular flexibility index (Phi) is 15.1. The predicted octanol–water partition coefficient (Wildman–Crippen LogP) is 8.00. The summed E-state index contributed by atoms with van der Waals surface area (Å²) < 4.78 is 47.5. The molecule has 7 nitrogen and oxygen atoms in total. The van der Waals surface area contributed by atoms with Crippen LogP contribution in [0.2, 0.25) is 0 Å². The number of ether oxygens (including phenoxy) is 1. The van der Waals surface area contributed by atoms with Gasteiger partial charge in [0.05, 0.1) is 30.6 Å². The zero-order valence-corrected chi connectivity index (χ0v) is 28.0. The summed E-state index contributed by atoms with van der Waals surface area (Å²) in [4.78, 5) is 15.3. The van der Waals surface area contributed by atoms with Gasteiger partial charge in [-0.05, 0) is 69.9 Å². The van der Waals surface area contributed by atoms with Crippen LogP contribution in [0.25, 0.3) is 10.9 Å². The van der Waals surface area contributed by atoms with Crippen molar-refractivity contribution in [2.45, 2.75) is 86.1 Å². The number of alkyl halides is 3. The van der Waals surface area contributed by atoms with E-state index in [1.807, 2.05) is 40.7 Å². The van der Waals surface area contributed by atoms with E-state index in [1.54, 1.807) is 41.3 Å². The fraction of sp³-hybridized carbons (Fsp3) is 0.514. The van der Waals surface area contributed by atoms with Crippen LogP contribution in [-0.4, -0.2) is 67.4 Å². The lowest BCUT2D eigenvalue weighted by molar-refractivity contribution is -0.140. The summed E-state index contributed by atoms with van der Waals surface area (Å²) in [6.07, 6.45) is -1.68. The van der Waals surface area contributed by atoms with E-state index in [2.05, 4.69) is 41.2 Å². The quantitative estimate of drug-likeness (QED) is 0.176. The van der Waals surface area contributed by atoms with E-state index in [0.29, 0.717) is 40.9 Å². The van der Waals surface area contributed by atoms with Crippen LogP contribution in [0, 0.1) is 11.8 Å². The number of amides is 1. The Morgan fingerprint density at radius 2 is 1.76 bits per heavy atom. The standard InChI is InChI=1S/C31H38F3N5O2.2C2H6/c1-5-37(21-40)24-11-12-28(30(19-24)41-4)35-15-7-8-25-18-26-27(36-23-13-16-38(17-14-23)22(2)3)9-6-10-29(26)39(25)20-31(32,33)34;2*1-2/h6,9-12,18-19,21-23,35-36H,5,13-17,20H2,1-4H3;2*1-2H3. The van der Waals surface area contributed by atoms with Gasteiger partial charge in [0.25, 0.3) is 0 Å². The molecule has 1 saturated heterocycles. The third-order valence-corrected chi connectivity index (χ3v) is 7.47. The average Bonchev–Trinajstić information content (AvgIpc) is 3.39. The Morgan fingerprint density at radius 1 is 1.07 bits per heavy atom. The Bertz CT molecular complexity index is 1400. The number of likely N-dealkylation sites (tertiary alicyclic amines) is 1. The molecule has 1 aliphatic rings. The number of benzene rings is 2. The fourth-order valence-electron chi connectivity index (χ4n) is 5.24. The lowest BCUT2D eigenvalue weighted by Crippen LogP contribution is -2.42. The summed E-state index contributed by atoms with van der Waals surface area (Å²) in [5.74, 6) is 6.45. The molecule has 1 aromatic heterocycles. The SMILES string of the molecule is CC.CC.CCN(C=O)c1ccc(NCC#Cc2cc3c(NC4CCN(C(C)C)CC4)cccc3n2CC(F)(F)F)c(OC)c1. The molecule has 1 aliphatic heterocycles. The van der Waals surface area contributed by atoms with Crippen molar-refractivity contribution in [2.24, 2.45) is 0 Å². The van der Waals surface area contributed by atoms with Gasteiger partial charge < -0.3 is 29.7 Å². The maximum Gasteiger partial charge on any atom is 0.406 e. The number of aromatic nitrogens is 1. The monoisotopic (exact) mass is 629 g/mol. The molecule has 45 heavy (non-hydrogen) atoms. The molecule has 0 spiro atoms. The molecule has 10 heteroatoms. The number of anilines is 3. The van der Waals surface area contributed by atoms with Gasteiger partial charge in [0, 0.05) is 54.5 Å². The summed E-state index contributed by atoms with van der Waals surface area (Å²) in [5, 5.41) is 7.48. The first-order chi connectivity index (χ1) is 21.6. The number of methoxy groups -OCH3 is 1. The summed E-state index contributed by atoms with van der Waals surface area (Å²) in [6, 6.07) is 13.3. The van der Waals surface area contributed by atoms with Crippen LogP contribution in [0.15, 0.2) is 42.5 Å². The number of nitrogens with one attached hydrogen (secondary N) is 2. The summed E-state index contributed by atoms with van der Waals surface area (Å²) >= 11 is 0. The van der Waals surface area contributed by atoms with Crippen LogP contribution < -0.4 is 20.3 Å². The molecule has 2 aromatic carbocycles. The number of fused-ring (bicyclic) bond motifs is 1. The molecule has 1 fully saturated rings. The Balaban J connectivity index is 0.00000169. The normalized spacial score (nSPS) is 13.5. The Hall–Kier alpha value is -3.84. The van der Waals surface area contributed by atoms with Crippen molar-refractivity contribution in [1.29, 1.82) is 0 Å². The van der Waals surface area contributed by atoms with Crippen molar-refractivity contribution < 1.29 is 22.7 Å². The van der Waals surface area contributed by atoms with Gasteiger partial charge in [0.15, 0.2) is 0 Å². The van der Waals surface area contributed by atoms with Crippen LogP contribution in [0.4, 0.5) is 30.2 Å². The highest BCUT2D eigenvalue weighted by Gasteiger charge is 2.30. The number of carbonyl (C=O) groups excluding carboxylic acids is 1. The van der Waals surface area contributed by atoms with Crippen LogP contribution in [0.1, 0.15) is 67.0 Å². The first kappa shape index (κ1) is 37.3. The number of carbonyl (C=O) groups is 1. The molecule has 248 valence electrons. The third kappa shape index (κ3) is 10.4. The highest BCUT2D eigenvalue weighted by atomic mass is 19.4. The predicted molar refractivity (Wildman–Crippen MR) is 181 cm³/mol. The van der Waals surface area contributed by atoms with Crippen LogP contribution >= 0.6 is 0 Å². The molecule has 0 radical (unpaired) electrons. The smallest absolute Gasteiger partial charge is 0.406 e. The van der Waals surface area contributed by atoms with Gasteiger partial charge in [-0.3, -0.25) is 4.79 Å². The van der Waals surface area contributed by atoms with Gasteiger partial charge in [-0.1, -0.05) is 39.7 Å². The number of hydrogen-bond donors (Lipinski definition) is 2. The molecule has 4 rings (SSSR count). The Morgan fingerprint density at radius 3 is 2.33 bits per heavy atom. The first-order valence-electron chi connectivity index (χ1n) is 16.0. The van der Waals surface area contributed by atoms with E-state index in [4.69, 9.17) is 4.74 Å². The maximum atomic E-state index is 13.6. The minimum Gasteiger partial charge on any atom is -0.495 e. The van der Waals surface area contributed by atoms with Crippen molar-refractivity contribution >= 4 is 34.4 Å². The third-order valence-electron chi connectivity index (χ3n) is 7.47. The van der Waals surface area contributed by atoms with Crippen molar-refractivity contribution in [2.75, 3.05) is 48.8 Å². The summed E-state index contributed by atoms with van der Waals surface area (Å²) in [7, 11) is 1.53. The van der Waals surface area contributed by atoms with E-state index in [0.717, 1.165) is 43.4 Å². The fourth-order valence-corrected chi connectivity index (χ4v) is 5.24. The molecular formula is C35H50F3N5O2. The van der Waals surface area contributed by atoms with E-state index in [1.165, 1.54) is 11.7 Å². The lowest BCUT2D eigenvalue weighted by atomic mass is 10.0. The van der Waals surface area contributed by atoms with Crippen LogP contribution in [-0.2, 0) is 11.3 Å². The molecular weight excluding hydrogens is 579 g/mol. The molecule has 0 unspecified atom stereocenters. The number of rotatable bonds is 10. The highest BCUT2D eigenvalue weighted by Crippen LogP contribution is 2.32. The zero-order chi connectivity index (χ0) is 33.6. The van der Waals surface area contributed by atoms with Gasteiger partial charge in [-0.25, -0.2) is 0 Å². The topological polar surface area (TPSA) is 61.8 Å². The van der Waals surface area contributed by atoms with Gasteiger partial charge >= 0.3 is 6.18 Å². The molecule has 0 bridgehead atoms. The second-order valence-electron chi connectivity index (χ2n) is 10.4. The van der Waals surface area contributed by atoms with E-state index in [9.17, 15) is 18.0 Å². The van der Waals surface area contributed by atoms with Crippen LogP contribution in [0.3, 0.4) is 0 Å². The summed E-state index contributed by atoms with van der Waals surface area (Å²) in [5.41, 5.74) is 2.99. The Labute approximate surface area is 267 Å². The number of nitrogens with zero attached hydrogens (tertiary/aromatic N) is 3.